The number of aromatic nitrogens is 1. The lowest BCUT2D eigenvalue weighted by Gasteiger charge is -2.29. The fraction of sp³-hybridized carbons (Fsp3) is 0.667. The van der Waals surface area contributed by atoms with Crippen molar-refractivity contribution in [2.75, 3.05) is 11.9 Å². The van der Waals surface area contributed by atoms with Crippen molar-refractivity contribution in [3.63, 3.8) is 0 Å². The Labute approximate surface area is 111 Å². The molecular weight excluding hydrogens is 222 g/mol. The molecule has 3 heteroatoms. The first-order valence-corrected chi connectivity index (χ1v) is 7.16. The molecule has 0 aliphatic heterocycles. The van der Waals surface area contributed by atoms with E-state index in [1.54, 1.807) is 0 Å². The van der Waals surface area contributed by atoms with Crippen LogP contribution in [-0.2, 0) is 6.54 Å². The monoisotopic (exact) mass is 247 g/mol. The molecule has 0 unspecified atom stereocenters. The Morgan fingerprint density at radius 2 is 2.11 bits per heavy atom. The largest absolute Gasteiger partial charge is 0.356 e. The molecule has 0 atom stereocenters. The van der Waals surface area contributed by atoms with Crippen LogP contribution >= 0.6 is 0 Å². The van der Waals surface area contributed by atoms with Crippen LogP contribution in [0.1, 0.15) is 45.1 Å². The van der Waals surface area contributed by atoms with Crippen LogP contribution in [0.3, 0.4) is 0 Å². The van der Waals surface area contributed by atoms with E-state index in [0.29, 0.717) is 6.04 Å². The summed E-state index contributed by atoms with van der Waals surface area (Å²) < 4.78 is 0. The number of nitrogens with one attached hydrogen (secondary N) is 1. The van der Waals surface area contributed by atoms with Gasteiger partial charge in [-0.25, -0.2) is 4.98 Å². The zero-order chi connectivity index (χ0) is 13.0. The molecule has 1 fully saturated rings. The van der Waals surface area contributed by atoms with Gasteiger partial charge in [0.25, 0.3) is 0 Å². The van der Waals surface area contributed by atoms with Gasteiger partial charge in [-0.3, -0.25) is 0 Å². The summed E-state index contributed by atoms with van der Waals surface area (Å²) in [6.07, 6.45) is 6.89. The van der Waals surface area contributed by atoms with Crippen LogP contribution in [-0.4, -0.2) is 24.1 Å². The minimum atomic E-state index is 0.583. The van der Waals surface area contributed by atoms with Crippen molar-refractivity contribution in [3.05, 3.63) is 23.9 Å². The third-order valence-corrected chi connectivity index (χ3v) is 3.85. The van der Waals surface area contributed by atoms with Gasteiger partial charge in [-0.05, 0) is 31.7 Å². The summed E-state index contributed by atoms with van der Waals surface area (Å²) in [4.78, 5) is 6.92. The predicted molar refractivity (Wildman–Crippen MR) is 76.9 cm³/mol. The number of hydrogen-bond acceptors (Lipinski definition) is 3. The second-order valence-electron chi connectivity index (χ2n) is 5.22. The van der Waals surface area contributed by atoms with Crippen LogP contribution in [0, 0.1) is 0 Å². The molecule has 3 nitrogen and oxygen atoms in total. The molecule has 1 N–H and O–H groups in total. The zero-order valence-corrected chi connectivity index (χ0v) is 11.8. The van der Waals surface area contributed by atoms with Crippen LogP contribution in [0.2, 0.25) is 0 Å². The van der Waals surface area contributed by atoms with Crippen molar-refractivity contribution in [1.29, 1.82) is 0 Å². The van der Waals surface area contributed by atoms with Gasteiger partial charge < -0.3 is 10.2 Å². The number of nitrogens with zero attached hydrogens (tertiary/aromatic N) is 2. The van der Waals surface area contributed by atoms with Gasteiger partial charge in [-0.15, -0.1) is 0 Å². The maximum Gasteiger partial charge on any atom is 0.132 e. The molecule has 1 aliphatic carbocycles. The molecular formula is C15H25N3. The van der Waals surface area contributed by atoms with Crippen molar-refractivity contribution >= 4 is 5.82 Å². The van der Waals surface area contributed by atoms with E-state index in [-0.39, 0.29) is 0 Å². The fourth-order valence-electron chi connectivity index (χ4n) is 2.44. The van der Waals surface area contributed by atoms with E-state index in [1.165, 1.54) is 31.2 Å². The van der Waals surface area contributed by atoms with Crippen molar-refractivity contribution in [2.24, 2.45) is 0 Å². The van der Waals surface area contributed by atoms with Crippen LogP contribution in [0.25, 0.3) is 0 Å². The zero-order valence-electron chi connectivity index (χ0n) is 11.8. The summed E-state index contributed by atoms with van der Waals surface area (Å²) in [6, 6.07) is 5.56. The topological polar surface area (TPSA) is 28.2 Å². The number of hydrogen-bond donors (Lipinski definition) is 1. The Hall–Kier alpha value is -1.09. The molecule has 0 aromatic carbocycles. The van der Waals surface area contributed by atoms with Gasteiger partial charge in [0.05, 0.1) is 0 Å². The summed E-state index contributed by atoms with van der Waals surface area (Å²) in [7, 11) is 2.17. The number of pyridine rings is 1. The Balaban J connectivity index is 2.09. The predicted octanol–water partition coefficient (Wildman–Crippen LogP) is 2.96. The molecule has 0 amide bonds. The third-order valence-electron chi connectivity index (χ3n) is 3.85. The molecule has 0 bridgehead atoms. The first-order chi connectivity index (χ1) is 8.76. The van der Waals surface area contributed by atoms with Crippen molar-refractivity contribution in [3.8, 4) is 0 Å². The molecule has 1 aromatic heterocycles. The van der Waals surface area contributed by atoms with Crippen molar-refractivity contribution in [1.82, 2.24) is 10.3 Å². The quantitative estimate of drug-likeness (QED) is 0.803. The molecule has 18 heavy (non-hydrogen) atoms. The maximum atomic E-state index is 4.58. The Morgan fingerprint density at radius 1 is 1.39 bits per heavy atom. The highest BCUT2D eigenvalue weighted by molar-refractivity contribution is 5.46. The standard InChI is InChI=1S/C15H25N3/c1-4-14(5-2)18(3)15-12(7-6-10-16-15)11-17-13-8-9-13/h6-7,10,13-14,17H,4-5,8-9,11H2,1-3H3. The highest BCUT2D eigenvalue weighted by Gasteiger charge is 2.21. The van der Waals surface area contributed by atoms with Crippen LogP contribution in [0.4, 0.5) is 5.82 Å². The highest BCUT2D eigenvalue weighted by Crippen LogP contribution is 2.23. The second kappa shape index (κ2) is 6.19. The fourth-order valence-corrected chi connectivity index (χ4v) is 2.44. The smallest absolute Gasteiger partial charge is 0.132 e. The normalized spacial score (nSPS) is 15.1. The minimum Gasteiger partial charge on any atom is -0.356 e. The maximum absolute atomic E-state index is 4.58. The lowest BCUT2D eigenvalue weighted by molar-refractivity contribution is 0.581. The number of anilines is 1. The van der Waals surface area contributed by atoms with Crippen molar-refractivity contribution < 1.29 is 0 Å². The first kappa shape index (κ1) is 13.3. The molecule has 1 saturated carbocycles. The summed E-state index contributed by atoms with van der Waals surface area (Å²) >= 11 is 0. The van der Waals surface area contributed by atoms with E-state index < -0.39 is 0 Å². The Kier molecular flexibility index (Phi) is 4.59. The average Bonchev–Trinajstić information content (AvgIpc) is 3.22. The van der Waals surface area contributed by atoms with E-state index in [0.717, 1.165) is 18.4 Å². The van der Waals surface area contributed by atoms with Gasteiger partial charge in [-0.1, -0.05) is 19.9 Å². The van der Waals surface area contributed by atoms with Crippen LogP contribution in [0.15, 0.2) is 18.3 Å². The number of rotatable bonds is 7. The molecule has 100 valence electrons. The summed E-state index contributed by atoms with van der Waals surface area (Å²) in [5.41, 5.74) is 1.32. The second-order valence-corrected chi connectivity index (χ2v) is 5.22. The summed E-state index contributed by atoms with van der Waals surface area (Å²) in [5, 5.41) is 3.58. The molecule has 0 spiro atoms. The highest BCUT2D eigenvalue weighted by atomic mass is 15.2. The first-order valence-electron chi connectivity index (χ1n) is 7.16. The van der Waals surface area contributed by atoms with E-state index >= 15 is 0 Å². The molecule has 0 saturated heterocycles. The molecule has 1 aromatic rings. The van der Waals surface area contributed by atoms with E-state index in [1.807, 2.05) is 12.3 Å². The molecule has 1 aliphatic rings. The summed E-state index contributed by atoms with van der Waals surface area (Å²) in [6.45, 7) is 5.43. The minimum absolute atomic E-state index is 0.583. The average molecular weight is 247 g/mol. The van der Waals surface area contributed by atoms with E-state index in [4.69, 9.17) is 0 Å². The van der Waals surface area contributed by atoms with Gasteiger partial charge >= 0.3 is 0 Å². The third kappa shape index (κ3) is 3.22. The van der Waals surface area contributed by atoms with Crippen LogP contribution in [0.5, 0.6) is 0 Å². The van der Waals surface area contributed by atoms with Gasteiger partial charge in [0.2, 0.25) is 0 Å². The Bertz CT molecular complexity index is 370. The van der Waals surface area contributed by atoms with Crippen LogP contribution < -0.4 is 10.2 Å². The van der Waals surface area contributed by atoms with E-state index in [9.17, 15) is 0 Å². The SMILES string of the molecule is CCC(CC)N(C)c1ncccc1CNC1CC1. The molecule has 0 radical (unpaired) electrons. The van der Waals surface area contributed by atoms with E-state index in [2.05, 4.69) is 42.2 Å². The molecule has 2 rings (SSSR count). The Morgan fingerprint density at radius 3 is 2.72 bits per heavy atom. The summed E-state index contributed by atoms with van der Waals surface area (Å²) in [5.74, 6) is 1.14. The lowest BCUT2D eigenvalue weighted by atomic mass is 10.1. The molecule has 1 heterocycles. The van der Waals surface area contributed by atoms with Gasteiger partial charge in [0.1, 0.15) is 5.82 Å². The van der Waals surface area contributed by atoms with Gasteiger partial charge in [-0.2, -0.15) is 0 Å². The lowest BCUT2D eigenvalue weighted by Crippen LogP contribution is -2.32. The van der Waals surface area contributed by atoms with Gasteiger partial charge in [0.15, 0.2) is 0 Å². The van der Waals surface area contributed by atoms with Crippen molar-refractivity contribution in [2.45, 2.75) is 58.2 Å². The van der Waals surface area contributed by atoms with Gasteiger partial charge in [0, 0.05) is 37.4 Å².